The summed E-state index contributed by atoms with van der Waals surface area (Å²) in [6, 6.07) is 6.11. The van der Waals surface area contributed by atoms with E-state index in [-0.39, 0.29) is 0 Å². The van der Waals surface area contributed by atoms with E-state index in [9.17, 15) is 19.2 Å². The van der Waals surface area contributed by atoms with Gasteiger partial charge in [-0.05, 0) is 44.5 Å². The van der Waals surface area contributed by atoms with E-state index < -0.39 is 23.9 Å². The summed E-state index contributed by atoms with van der Waals surface area (Å²) >= 11 is 6.06. The van der Waals surface area contributed by atoms with Gasteiger partial charge >= 0.3 is 23.9 Å². The van der Waals surface area contributed by atoms with Crippen molar-refractivity contribution < 1.29 is 44.3 Å². The lowest BCUT2D eigenvalue weighted by Gasteiger charge is -2.31. The van der Waals surface area contributed by atoms with E-state index >= 15 is 0 Å². The fourth-order valence-corrected chi connectivity index (χ4v) is 2.92. The highest BCUT2D eigenvalue weighted by Gasteiger charge is 2.18. The summed E-state index contributed by atoms with van der Waals surface area (Å²) in [6.07, 6.45) is 4.53. The normalized spacial score (nSPS) is 15.6. The lowest BCUT2D eigenvalue weighted by Crippen LogP contribution is -2.42. The van der Waals surface area contributed by atoms with Crippen LogP contribution in [0.3, 0.4) is 0 Å². The van der Waals surface area contributed by atoms with Crippen molar-refractivity contribution in [2.24, 2.45) is 5.73 Å². The molecule has 0 unspecified atom stereocenters. The molecular weight excluding hydrogens is 472 g/mol. The maximum absolute atomic E-state index is 9.55. The van der Waals surface area contributed by atoms with Crippen molar-refractivity contribution in [3.63, 3.8) is 0 Å². The van der Waals surface area contributed by atoms with E-state index in [1.165, 1.54) is 6.42 Å². The third kappa shape index (κ3) is 16.3. The van der Waals surface area contributed by atoms with Gasteiger partial charge in [-0.15, -0.1) is 0 Å². The molecule has 0 amide bonds. The number of carbonyl (C=O) groups is 4. The van der Waals surface area contributed by atoms with Gasteiger partial charge in [0.25, 0.3) is 0 Å². The SMILES string of the molecule is CCOc1ccc(Cl)cc1CN1CCC[C@@H](N)C1.O=C(O)/C=C/C(=O)O.O=C(O)/C=C/C(=O)O. The number of hydrogen-bond donors (Lipinski definition) is 5. The van der Waals surface area contributed by atoms with Gasteiger partial charge in [-0.3, -0.25) is 4.90 Å². The molecule has 0 bridgehead atoms. The predicted molar refractivity (Wildman–Crippen MR) is 124 cm³/mol. The molecule has 1 aliphatic rings. The third-order valence-electron chi connectivity index (χ3n) is 4.00. The molecule has 1 fully saturated rings. The van der Waals surface area contributed by atoms with Crippen molar-refractivity contribution in [1.82, 2.24) is 4.90 Å². The van der Waals surface area contributed by atoms with E-state index in [1.807, 2.05) is 25.1 Å². The molecule has 0 radical (unpaired) electrons. The average Bonchev–Trinajstić information content (AvgIpc) is 2.74. The van der Waals surface area contributed by atoms with Gasteiger partial charge in [-0.1, -0.05) is 11.6 Å². The quantitative estimate of drug-likeness (QED) is 0.328. The van der Waals surface area contributed by atoms with Crippen LogP contribution in [-0.4, -0.2) is 74.9 Å². The Bertz CT molecular complexity index is 821. The van der Waals surface area contributed by atoms with Crippen molar-refractivity contribution in [3.8, 4) is 5.75 Å². The molecule has 34 heavy (non-hydrogen) atoms. The van der Waals surface area contributed by atoms with E-state index in [2.05, 4.69) is 4.90 Å². The van der Waals surface area contributed by atoms with Gasteiger partial charge in [0.15, 0.2) is 0 Å². The molecule has 0 saturated carbocycles. The molecule has 0 aromatic heterocycles. The molecule has 1 atom stereocenters. The Morgan fingerprint density at radius 2 is 1.53 bits per heavy atom. The standard InChI is InChI=1S/C14H21ClN2O.2C4H4O4/c1-2-18-14-6-5-12(15)8-11(14)9-17-7-3-4-13(16)10-17;2*5-3(6)1-2-4(7)8/h5-6,8,13H,2-4,7,9-10,16H2,1H3;2*1-2H,(H,5,6)(H,7,8)/b;2*2-1+/t13-;;/m1../s1. The summed E-state index contributed by atoms with van der Waals surface area (Å²) in [5.41, 5.74) is 7.16. The maximum atomic E-state index is 9.55. The Kier molecular flexibility index (Phi) is 15.4. The number of hydrogen-bond acceptors (Lipinski definition) is 7. The highest BCUT2D eigenvalue weighted by molar-refractivity contribution is 6.30. The maximum Gasteiger partial charge on any atom is 0.328 e. The van der Waals surface area contributed by atoms with Crippen LogP contribution in [0, 0.1) is 0 Å². The van der Waals surface area contributed by atoms with Crippen molar-refractivity contribution in [2.45, 2.75) is 32.4 Å². The van der Waals surface area contributed by atoms with Crippen LogP contribution in [0.1, 0.15) is 25.3 Å². The lowest BCUT2D eigenvalue weighted by molar-refractivity contribution is -0.134. The Balaban J connectivity index is 0.000000570. The molecule has 11 nitrogen and oxygen atoms in total. The largest absolute Gasteiger partial charge is 0.494 e. The summed E-state index contributed by atoms with van der Waals surface area (Å²) in [7, 11) is 0. The van der Waals surface area contributed by atoms with Crippen molar-refractivity contribution in [3.05, 3.63) is 53.1 Å². The minimum Gasteiger partial charge on any atom is -0.494 e. The zero-order valence-corrected chi connectivity index (χ0v) is 19.3. The molecule has 12 heteroatoms. The topological polar surface area (TPSA) is 188 Å². The zero-order chi connectivity index (χ0) is 26.1. The average molecular weight is 501 g/mol. The number of aliphatic carboxylic acids is 4. The number of carboxylic acids is 4. The third-order valence-corrected chi connectivity index (χ3v) is 4.23. The number of nitrogens with zero attached hydrogens (tertiary/aromatic N) is 1. The van der Waals surface area contributed by atoms with Gasteiger partial charge in [-0.2, -0.15) is 0 Å². The molecule has 1 saturated heterocycles. The monoisotopic (exact) mass is 500 g/mol. The number of ether oxygens (including phenoxy) is 1. The van der Waals surface area contributed by atoms with Crippen LogP contribution in [0.4, 0.5) is 0 Å². The summed E-state index contributed by atoms with van der Waals surface area (Å²) < 4.78 is 5.64. The Hall–Kier alpha value is -3.41. The molecule has 0 spiro atoms. The number of piperidine rings is 1. The Morgan fingerprint density at radius 1 is 1.03 bits per heavy atom. The molecule has 2 rings (SSSR count). The van der Waals surface area contributed by atoms with E-state index in [0.29, 0.717) is 37.0 Å². The molecule has 1 aliphatic heterocycles. The zero-order valence-electron chi connectivity index (χ0n) is 18.6. The van der Waals surface area contributed by atoms with Crippen LogP contribution in [-0.2, 0) is 25.7 Å². The first kappa shape index (κ1) is 30.6. The molecule has 6 N–H and O–H groups in total. The van der Waals surface area contributed by atoms with E-state index in [0.717, 1.165) is 42.4 Å². The van der Waals surface area contributed by atoms with Gasteiger partial charge < -0.3 is 30.9 Å². The number of benzene rings is 1. The number of likely N-dealkylation sites (tertiary alicyclic amines) is 1. The van der Waals surface area contributed by atoms with Crippen LogP contribution < -0.4 is 10.5 Å². The van der Waals surface area contributed by atoms with Crippen LogP contribution >= 0.6 is 11.6 Å². The molecular formula is C22H29ClN2O9. The first-order valence-electron chi connectivity index (χ1n) is 10.1. The minimum absolute atomic E-state index is 0.300. The van der Waals surface area contributed by atoms with Crippen molar-refractivity contribution >= 4 is 35.5 Å². The van der Waals surface area contributed by atoms with Gasteiger partial charge in [-0.25, -0.2) is 19.2 Å². The smallest absolute Gasteiger partial charge is 0.328 e. The molecule has 1 aromatic rings. The summed E-state index contributed by atoms with van der Waals surface area (Å²) in [4.78, 5) is 40.6. The summed E-state index contributed by atoms with van der Waals surface area (Å²) in [5, 5.41) is 32.0. The van der Waals surface area contributed by atoms with Crippen molar-refractivity contribution in [2.75, 3.05) is 19.7 Å². The number of rotatable bonds is 8. The summed E-state index contributed by atoms with van der Waals surface area (Å²) in [6.45, 7) is 5.59. The Morgan fingerprint density at radius 3 is 1.94 bits per heavy atom. The first-order chi connectivity index (χ1) is 15.9. The number of nitrogens with two attached hydrogens (primary N) is 1. The van der Waals surface area contributed by atoms with E-state index in [4.69, 9.17) is 42.5 Å². The van der Waals surface area contributed by atoms with Crippen LogP contribution in [0.5, 0.6) is 5.75 Å². The van der Waals surface area contributed by atoms with Gasteiger partial charge in [0.05, 0.1) is 6.61 Å². The number of carboxylic acid groups (broad SMARTS) is 4. The van der Waals surface area contributed by atoms with Gasteiger partial charge in [0.2, 0.25) is 0 Å². The predicted octanol–water partition coefficient (Wildman–Crippen LogP) is 2.09. The minimum atomic E-state index is -1.26. The Labute approximate surface area is 201 Å². The van der Waals surface area contributed by atoms with Crippen LogP contribution in [0.2, 0.25) is 5.02 Å². The molecule has 1 aromatic carbocycles. The second-order valence-corrected chi connectivity index (χ2v) is 7.28. The lowest BCUT2D eigenvalue weighted by atomic mass is 10.1. The highest BCUT2D eigenvalue weighted by Crippen LogP contribution is 2.25. The molecule has 0 aliphatic carbocycles. The van der Waals surface area contributed by atoms with Gasteiger partial charge in [0.1, 0.15) is 5.75 Å². The first-order valence-corrected chi connectivity index (χ1v) is 10.5. The van der Waals surface area contributed by atoms with Crippen LogP contribution in [0.25, 0.3) is 0 Å². The van der Waals surface area contributed by atoms with Gasteiger partial charge in [0, 0.05) is 54.0 Å². The van der Waals surface area contributed by atoms with E-state index in [1.54, 1.807) is 0 Å². The molecule has 1 heterocycles. The fraction of sp³-hybridized carbons (Fsp3) is 0.364. The molecule has 188 valence electrons. The second kappa shape index (κ2) is 17.1. The number of halogens is 1. The second-order valence-electron chi connectivity index (χ2n) is 6.84. The fourth-order valence-electron chi connectivity index (χ4n) is 2.73. The van der Waals surface area contributed by atoms with Crippen LogP contribution in [0.15, 0.2) is 42.5 Å². The summed E-state index contributed by atoms with van der Waals surface area (Å²) in [5.74, 6) is -4.10. The highest BCUT2D eigenvalue weighted by atomic mass is 35.5. The van der Waals surface area contributed by atoms with Crippen molar-refractivity contribution in [1.29, 1.82) is 0 Å².